The molecule has 0 aromatic heterocycles. The normalized spacial score (nSPS) is 13.4. The van der Waals surface area contributed by atoms with Gasteiger partial charge in [0.15, 0.2) is 11.6 Å². The molecule has 1 rings (SSSR count). The summed E-state index contributed by atoms with van der Waals surface area (Å²) in [4.78, 5) is 0. The Bertz CT molecular complexity index is 406. The Balaban J connectivity index is 2.74. The van der Waals surface area contributed by atoms with Gasteiger partial charge in [0.05, 0.1) is 13.0 Å². The second kappa shape index (κ2) is 6.75. The third-order valence-corrected chi connectivity index (χ3v) is 2.69. The van der Waals surface area contributed by atoms with Crippen LogP contribution in [0.4, 0.5) is 17.6 Å². The number of nitrogens with two attached hydrogens (primary N) is 1. The Kier molecular flexibility index (Phi) is 5.60. The average Bonchev–Trinajstić information content (AvgIpc) is 2.31. The van der Waals surface area contributed by atoms with Gasteiger partial charge in [-0.3, -0.25) is 0 Å². The summed E-state index contributed by atoms with van der Waals surface area (Å²) < 4.78 is 54.6. The predicted octanol–water partition coefficient (Wildman–Crippen LogP) is 3.44. The van der Waals surface area contributed by atoms with Crippen molar-refractivity contribution in [3.8, 4) is 5.75 Å². The Morgan fingerprint density at radius 1 is 1.32 bits per heavy atom. The molecule has 0 aliphatic heterocycles. The first-order valence-corrected chi connectivity index (χ1v) is 6.06. The van der Waals surface area contributed by atoms with Gasteiger partial charge in [-0.25, -0.2) is 4.39 Å². The quantitative estimate of drug-likeness (QED) is 0.810. The minimum Gasteiger partial charge on any atom is -0.490 e. The van der Waals surface area contributed by atoms with E-state index in [1.54, 1.807) is 6.07 Å². The summed E-state index contributed by atoms with van der Waals surface area (Å²) in [5, 5.41) is 0. The molecular weight excluding hydrogens is 262 g/mol. The van der Waals surface area contributed by atoms with Gasteiger partial charge in [-0.05, 0) is 24.5 Å². The fourth-order valence-corrected chi connectivity index (χ4v) is 1.57. The number of hydrogen-bond donors (Lipinski definition) is 1. The number of benzene rings is 1. The summed E-state index contributed by atoms with van der Waals surface area (Å²) >= 11 is 0. The first-order chi connectivity index (χ1) is 8.83. The highest BCUT2D eigenvalue weighted by Crippen LogP contribution is 2.26. The molecule has 1 aromatic carbocycles. The van der Waals surface area contributed by atoms with Crippen molar-refractivity contribution in [3.05, 3.63) is 29.6 Å². The number of halogens is 4. The third-order valence-electron chi connectivity index (χ3n) is 2.69. The van der Waals surface area contributed by atoms with Crippen LogP contribution in [-0.4, -0.2) is 18.8 Å². The van der Waals surface area contributed by atoms with Gasteiger partial charge in [0.2, 0.25) is 0 Å². The molecule has 108 valence electrons. The fourth-order valence-electron chi connectivity index (χ4n) is 1.57. The van der Waals surface area contributed by atoms with Crippen molar-refractivity contribution in [2.75, 3.05) is 6.61 Å². The lowest BCUT2D eigenvalue weighted by Gasteiger charge is -2.15. The molecule has 0 fully saturated rings. The molecule has 0 amide bonds. The van der Waals surface area contributed by atoms with Gasteiger partial charge < -0.3 is 10.5 Å². The van der Waals surface area contributed by atoms with Gasteiger partial charge in [-0.15, -0.1) is 0 Å². The van der Waals surface area contributed by atoms with Crippen LogP contribution in [0.25, 0.3) is 0 Å². The molecule has 2 N–H and O–H groups in total. The molecule has 0 radical (unpaired) electrons. The van der Waals surface area contributed by atoms with Crippen LogP contribution >= 0.6 is 0 Å². The summed E-state index contributed by atoms with van der Waals surface area (Å²) in [6.07, 6.45) is -4.36. The van der Waals surface area contributed by atoms with Gasteiger partial charge in [0, 0.05) is 6.04 Å². The minimum absolute atomic E-state index is 0.129. The van der Waals surface area contributed by atoms with Crippen LogP contribution in [-0.2, 0) is 6.42 Å². The predicted molar refractivity (Wildman–Crippen MR) is 64.5 cm³/mol. The van der Waals surface area contributed by atoms with E-state index in [4.69, 9.17) is 10.5 Å². The van der Waals surface area contributed by atoms with Gasteiger partial charge in [-0.2, -0.15) is 13.2 Å². The van der Waals surface area contributed by atoms with E-state index < -0.39 is 25.0 Å². The second-order valence-corrected chi connectivity index (χ2v) is 4.31. The molecule has 0 saturated carbocycles. The van der Waals surface area contributed by atoms with Gasteiger partial charge in [0.25, 0.3) is 0 Å². The minimum atomic E-state index is -4.31. The van der Waals surface area contributed by atoms with E-state index in [1.165, 1.54) is 6.07 Å². The summed E-state index contributed by atoms with van der Waals surface area (Å²) in [6.45, 7) is 1.28. The lowest BCUT2D eigenvalue weighted by atomic mass is 10.0. The highest BCUT2D eigenvalue weighted by Gasteiger charge is 2.27. The maximum absolute atomic E-state index is 13.6. The molecule has 0 heterocycles. The zero-order valence-electron chi connectivity index (χ0n) is 10.6. The molecule has 0 aliphatic rings. The monoisotopic (exact) mass is 279 g/mol. The Labute approximate surface area is 109 Å². The maximum atomic E-state index is 13.6. The number of ether oxygens (including phenoxy) is 1. The molecule has 2 nitrogen and oxygen atoms in total. The molecule has 0 saturated heterocycles. The van der Waals surface area contributed by atoms with E-state index in [1.807, 2.05) is 6.92 Å². The molecule has 6 heteroatoms. The van der Waals surface area contributed by atoms with Crippen LogP contribution in [0.5, 0.6) is 5.75 Å². The highest BCUT2D eigenvalue weighted by molar-refractivity contribution is 5.35. The van der Waals surface area contributed by atoms with E-state index in [0.29, 0.717) is 18.4 Å². The van der Waals surface area contributed by atoms with E-state index in [0.717, 1.165) is 6.07 Å². The first-order valence-electron chi connectivity index (χ1n) is 6.06. The summed E-state index contributed by atoms with van der Waals surface area (Å²) in [6, 6.07) is 4.08. The number of alkyl halides is 3. The molecule has 1 aromatic rings. The van der Waals surface area contributed by atoms with Crippen LogP contribution < -0.4 is 10.5 Å². The lowest BCUT2D eigenvalue weighted by molar-refractivity contribution is -0.139. The van der Waals surface area contributed by atoms with Crippen molar-refractivity contribution in [2.24, 2.45) is 5.73 Å². The number of para-hydroxylation sites is 1. The molecule has 0 aliphatic carbocycles. The van der Waals surface area contributed by atoms with Crippen LogP contribution in [0, 0.1) is 5.82 Å². The SMILES string of the molecule is CCC(N)Cc1cccc(F)c1OCCC(F)(F)F. The van der Waals surface area contributed by atoms with E-state index in [-0.39, 0.29) is 11.8 Å². The van der Waals surface area contributed by atoms with Crippen molar-refractivity contribution in [1.82, 2.24) is 0 Å². The third kappa shape index (κ3) is 5.46. The number of rotatable bonds is 6. The van der Waals surface area contributed by atoms with Gasteiger partial charge in [-0.1, -0.05) is 19.1 Å². The maximum Gasteiger partial charge on any atom is 0.392 e. The van der Waals surface area contributed by atoms with Crippen molar-refractivity contribution >= 4 is 0 Å². The molecule has 0 spiro atoms. The average molecular weight is 279 g/mol. The number of hydrogen-bond acceptors (Lipinski definition) is 2. The molecule has 1 unspecified atom stereocenters. The summed E-state index contributed by atoms with van der Waals surface area (Å²) in [5.74, 6) is -0.793. The van der Waals surface area contributed by atoms with Crippen LogP contribution in [0.2, 0.25) is 0 Å². The van der Waals surface area contributed by atoms with Crippen LogP contribution in [0.1, 0.15) is 25.3 Å². The molecule has 1 atom stereocenters. The second-order valence-electron chi connectivity index (χ2n) is 4.31. The topological polar surface area (TPSA) is 35.2 Å². The lowest BCUT2D eigenvalue weighted by Crippen LogP contribution is -2.22. The smallest absolute Gasteiger partial charge is 0.392 e. The largest absolute Gasteiger partial charge is 0.490 e. The Morgan fingerprint density at radius 3 is 2.58 bits per heavy atom. The van der Waals surface area contributed by atoms with Gasteiger partial charge >= 0.3 is 6.18 Å². The zero-order valence-corrected chi connectivity index (χ0v) is 10.6. The van der Waals surface area contributed by atoms with E-state index >= 15 is 0 Å². The molecular formula is C13H17F4NO. The highest BCUT2D eigenvalue weighted by atomic mass is 19.4. The Morgan fingerprint density at radius 2 is 2.00 bits per heavy atom. The summed E-state index contributed by atoms with van der Waals surface area (Å²) in [5.41, 5.74) is 6.26. The van der Waals surface area contributed by atoms with Crippen LogP contribution in [0.3, 0.4) is 0 Å². The van der Waals surface area contributed by atoms with Crippen molar-refractivity contribution in [3.63, 3.8) is 0 Å². The van der Waals surface area contributed by atoms with Crippen molar-refractivity contribution < 1.29 is 22.3 Å². The Hall–Kier alpha value is -1.30. The molecule has 19 heavy (non-hydrogen) atoms. The standard InChI is InChI=1S/C13H17F4NO/c1-2-10(18)8-9-4-3-5-11(14)12(9)19-7-6-13(15,16)17/h3-5,10H,2,6-8,18H2,1H3. The molecule has 0 bridgehead atoms. The first kappa shape index (κ1) is 15.8. The van der Waals surface area contributed by atoms with Crippen molar-refractivity contribution in [1.29, 1.82) is 0 Å². The fraction of sp³-hybridized carbons (Fsp3) is 0.538. The van der Waals surface area contributed by atoms with E-state index in [2.05, 4.69) is 0 Å². The van der Waals surface area contributed by atoms with Crippen LogP contribution in [0.15, 0.2) is 18.2 Å². The zero-order chi connectivity index (χ0) is 14.5. The van der Waals surface area contributed by atoms with E-state index in [9.17, 15) is 17.6 Å². The van der Waals surface area contributed by atoms with Crippen molar-refractivity contribution in [2.45, 2.75) is 38.4 Å². The van der Waals surface area contributed by atoms with Gasteiger partial charge in [0.1, 0.15) is 0 Å². The summed E-state index contributed by atoms with van der Waals surface area (Å²) in [7, 11) is 0.